The van der Waals surface area contributed by atoms with E-state index < -0.39 is 36.0 Å². The minimum atomic E-state index is -1.99. The van der Waals surface area contributed by atoms with Gasteiger partial charge in [0, 0.05) is 19.5 Å². The lowest BCUT2D eigenvalue weighted by Crippen LogP contribution is -2.47. The summed E-state index contributed by atoms with van der Waals surface area (Å²) in [5.74, 6) is -3.31. The van der Waals surface area contributed by atoms with Gasteiger partial charge in [-0.05, 0) is 36.4 Å². The Hall–Kier alpha value is -3.88. The molecule has 0 bridgehead atoms. The van der Waals surface area contributed by atoms with Crippen molar-refractivity contribution < 1.29 is 38.5 Å². The zero-order valence-corrected chi connectivity index (χ0v) is 15.7. The Bertz CT molecular complexity index is 879. The minimum absolute atomic E-state index is 0.291. The number of ether oxygens (including phenoxy) is 3. The van der Waals surface area contributed by atoms with Crippen molar-refractivity contribution in [2.75, 3.05) is 5.32 Å². The van der Waals surface area contributed by atoms with E-state index in [2.05, 4.69) is 10.1 Å². The second-order valence-electron chi connectivity index (χ2n) is 5.83. The number of benzene rings is 2. The molecule has 0 spiro atoms. The monoisotopic (exact) mass is 401 g/mol. The van der Waals surface area contributed by atoms with Crippen molar-refractivity contribution in [2.45, 2.75) is 26.1 Å². The number of nitrogens with one attached hydrogen (secondary N) is 1. The lowest BCUT2D eigenvalue weighted by atomic mass is 10.1. The number of carbonyl (C=O) groups is 4. The van der Waals surface area contributed by atoms with Crippen LogP contribution in [0.4, 0.5) is 5.69 Å². The van der Waals surface area contributed by atoms with Crippen LogP contribution >= 0.6 is 0 Å². The number of amides is 1. The number of anilines is 1. The lowest BCUT2D eigenvalue weighted by Gasteiger charge is -2.22. The summed E-state index contributed by atoms with van der Waals surface area (Å²) in [7, 11) is 0. The van der Waals surface area contributed by atoms with E-state index in [1.165, 1.54) is 12.1 Å². The first-order valence-corrected chi connectivity index (χ1v) is 8.47. The molecule has 0 aliphatic rings. The molecule has 0 aromatic heterocycles. The second-order valence-corrected chi connectivity index (χ2v) is 5.83. The highest BCUT2D eigenvalue weighted by Gasteiger charge is 2.39. The first-order chi connectivity index (χ1) is 13.8. The quantitative estimate of drug-likeness (QED) is 0.645. The molecule has 2 aromatic rings. The van der Waals surface area contributed by atoms with Crippen molar-refractivity contribution in [3.63, 3.8) is 0 Å². The second kappa shape index (κ2) is 9.88. The summed E-state index contributed by atoms with van der Waals surface area (Å²) < 4.78 is 15.0. The van der Waals surface area contributed by atoms with E-state index in [-0.39, 0.29) is 0 Å². The Labute approximate surface area is 166 Å². The Morgan fingerprint density at radius 1 is 0.793 bits per heavy atom. The molecule has 2 rings (SSSR count). The number of carbonyl (C=O) groups excluding carboxylic acids is 3. The molecule has 0 radical (unpaired) electrons. The molecule has 0 saturated heterocycles. The van der Waals surface area contributed by atoms with Gasteiger partial charge < -0.3 is 24.6 Å². The average Bonchev–Trinajstić information content (AvgIpc) is 2.66. The summed E-state index contributed by atoms with van der Waals surface area (Å²) in [6, 6.07) is 15.3. The van der Waals surface area contributed by atoms with Gasteiger partial charge in [-0.3, -0.25) is 14.4 Å². The summed E-state index contributed by atoms with van der Waals surface area (Å²) in [4.78, 5) is 46.3. The van der Waals surface area contributed by atoms with E-state index in [0.29, 0.717) is 17.2 Å². The number of carboxylic acid groups (broad SMARTS) is 1. The Balaban J connectivity index is 2.12. The number of rotatable bonds is 8. The number of carboxylic acids is 1. The van der Waals surface area contributed by atoms with Gasteiger partial charge in [0.05, 0.1) is 0 Å². The maximum atomic E-state index is 12.5. The third-order valence-corrected chi connectivity index (χ3v) is 3.46. The van der Waals surface area contributed by atoms with Crippen LogP contribution in [0.25, 0.3) is 0 Å². The molecular formula is C20H19NO8. The van der Waals surface area contributed by atoms with Crippen LogP contribution in [0.5, 0.6) is 11.5 Å². The fourth-order valence-corrected chi connectivity index (χ4v) is 2.30. The molecule has 0 aliphatic carbocycles. The van der Waals surface area contributed by atoms with Crippen LogP contribution in [-0.4, -0.2) is 41.1 Å². The number of para-hydroxylation sites is 1. The van der Waals surface area contributed by atoms with Gasteiger partial charge in [0.2, 0.25) is 12.2 Å². The fraction of sp³-hybridized carbons (Fsp3) is 0.200. The summed E-state index contributed by atoms with van der Waals surface area (Å²) in [6.07, 6.45) is -3.86. The SMILES string of the molecule is CC(=O)O[C@H](C(=O)O)[C@H](OC(C)=O)C(=O)Nc1ccc(Oc2ccccc2)cc1. The number of esters is 2. The maximum absolute atomic E-state index is 12.5. The average molecular weight is 401 g/mol. The summed E-state index contributed by atoms with van der Waals surface area (Å²) in [6.45, 7) is 1.98. The molecule has 0 aliphatic heterocycles. The zero-order chi connectivity index (χ0) is 21.4. The lowest BCUT2D eigenvalue weighted by molar-refractivity contribution is -0.179. The third kappa shape index (κ3) is 6.65. The molecule has 9 nitrogen and oxygen atoms in total. The van der Waals surface area contributed by atoms with Crippen LogP contribution in [0.2, 0.25) is 0 Å². The molecular weight excluding hydrogens is 382 g/mol. The smallest absolute Gasteiger partial charge is 0.349 e. The van der Waals surface area contributed by atoms with E-state index in [0.717, 1.165) is 13.8 Å². The zero-order valence-electron chi connectivity index (χ0n) is 15.7. The predicted octanol–water partition coefficient (Wildman–Crippen LogP) is 2.37. The highest BCUT2D eigenvalue weighted by atomic mass is 16.6. The van der Waals surface area contributed by atoms with Gasteiger partial charge >= 0.3 is 17.9 Å². The Morgan fingerprint density at radius 3 is 1.83 bits per heavy atom. The molecule has 0 unspecified atom stereocenters. The summed E-state index contributed by atoms with van der Waals surface area (Å²) in [5.41, 5.74) is 0.291. The van der Waals surface area contributed by atoms with Gasteiger partial charge in [-0.1, -0.05) is 18.2 Å². The van der Waals surface area contributed by atoms with Crippen LogP contribution in [0, 0.1) is 0 Å². The van der Waals surface area contributed by atoms with E-state index in [9.17, 15) is 24.3 Å². The number of hydrogen-bond acceptors (Lipinski definition) is 7. The molecule has 29 heavy (non-hydrogen) atoms. The standard InChI is InChI=1S/C20H19NO8/c1-12(22)27-17(18(20(25)26)28-13(2)23)19(24)21-14-8-10-16(11-9-14)29-15-6-4-3-5-7-15/h3-11,17-18H,1-2H3,(H,21,24)(H,25,26)/t17-,18-/m0/s1. The highest BCUT2D eigenvalue weighted by Crippen LogP contribution is 2.23. The van der Waals surface area contributed by atoms with Crippen molar-refractivity contribution in [3.05, 3.63) is 54.6 Å². The molecule has 9 heteroatoms. The van der Waals surface area contributed by atoms with Crippen molar-refractivity contribution in [1.82, 2.24) is 0 Å². The van der Waals surface area contributed by atoms with Gasteiger partial charge in [-0.2, -0.15) is 0 Å². The summed E-state index contributed by atoms with van der Waals surface area (Å²) in [5, 5.41) is 11.7. The van der Waals surface area contributed by atoms with Crippen molar-refractivity contribution in [3.8, 4) is 11.5 Å². The summed E-state index contributed by atoms with van der Waals surface area (Å²) >= 11 is 0. The highest BCUT2D eigenvalue weighted by molar-refractivity contribution is 5.99. The third-order valence-electron chi connectivity index (χ3n) is 3.46. The van der Waals surface area contributed by atoms with Gasteiger partial charge in [0.15, 0.2) is 0 Å². The topological polar surface area (TPSA) is 128 Å². The molecule has 2 aromatic carbocycles. The van der Waals surface area contributed by atoms with Gasteiger partial charge in [0.25, 0.3) is 5.91 Å². The molecule has 0 fully saturated rings. The minimum Gasteiger partial charge on any atom is -0.478 e. The van der Waals surface area contributed by atoms with Crippen LogP contribution in [0.3, 0.4) is 0 Å². The number of aliphatic carboxylic acids is 1. The molecule has 2 N–H and O–H groups in total. The van der Waals surface area contributed by atoms with Crippen LogP contribution in [-0.2, 0) is 28.7 Å². The van der Waals surface area contributed by atoms with Gasteiger partial charge in [0.1, 0.15) is 11.5 Å². The molecule has 0 saturated carbocycles. The van der Waals surface area contributed by atoms with E-state index in [1.807, 2.05) is 18.2 Å². The predicted molar refractivity (Wildman–Crippen MR) is 100 cm³/mol. The van der Waals surface area contributed by atoms with Crippen molar-refractivity contribution >= 4 is 29.5 Å². The Morgan fingerprint density at radius 2 is 1.31 bits per heavy atom. The largest absolute Gasteiger partial charge is 0.478 e. The van der Waals surface area contributed by atoms with Crippen molar-refractivity contribution in [1.29, 1.82) is 0 Å². The fourth-order valence-electron chi connectivity index (χ4n) is 2.30. The van der Waals surface area contributed by atoms with Crippen LogP contribution in [0.15, 0.2) is 54.6 Å². The van der Waals surface area contributed by atoms with Crippen molar-refractivity contribution in [2.24, 2.45) is 0 Å². The number of hydrogen-bond donors (Lipinski definition) is 2. The van der Waals surface area contributed by atoms with E-state index in [1.54, 1.807) is 24.3 Å². The van der Waals surface area contributed by atoms with Crippen LogP contribution in [0.1, 0.15) is 13.8 Å². The first-order valence-electron chi connectivity index (χ1n) is 8.47. The van der Waals surface area contributed by atoms with Crippen LogP contribution < -0.4 is 10.1 Å². The van der Waals surface area contributed by atoms with E-state index in [4.69, 9.17) is 9.47 Å². The maximum Gasteiger partial charge on any atom is 0.349 e. The normalized spacial score (nSPS) is 12.2. The molecule has 1 amide bonds. The van der Waals surface area contributed by atoms with E-state index >= 15 is 0 Å². The van der Waals surface area contributed by atoms with Gasteiger partial charge in [-0.25, -0.2) is 4.79 Å². The molecule has 2 atom stereocenters. The molecule has 0 heterocycles. The Kier molecular flexibility index (Phi) is 7.30. The van der Waals surface area contributed by atoms with Gasteiger partial charge in [-0.15, -0.1) is 0 Å². The first kappa shape index (κ1) is 21.4. The molecule has 152 valence electrons.